The van der Waals surface area contributed by atoms with Crippen LogP contribution < -0.4 is 16.2 Å². The van der Waals surface area contributed by atoms with Crippen LogP contribution in [0.3, 0.4) is 0 Å². The van der Waals surface area contributed by atoms with Crippen LogP contribution in [0.2, 0.25) is 0 Å². The molecule has 4 nitrogen and oxygen atoms in total. The van der Waals surface area contributed by atoms with Crippen LogP contribution in [0.25, 0.3) is 0 Å². The van der Waals surface area contributed by atoms with Gasteiger partial charge in [-0.25, -0.2) is 0 Å². The lowest BCUT2D eigenvalue weighted by Crippen LogP contribution is -2.11. The number of ether oxygens (including phenoxy) is 1. The molecule has 0 heterocycles. The normalized spacial score (nSPS) is 10.7. The molecule has 2 rings (SSSR count). The number of nitrogen functional groups attached to an aromatic ring is 1. The third-order valence-electron chi connectivity index (χ3n) is 3.11. The maximum atomic E-state index is 11.1. The fourth-order valence-corrected chi connectivity index (χ4v) is 2.36. The summed E-state index contributed by atoms with van der Waals surface area (Å²) in [6, 6.07) is 10.6. The van der Waals surface area contributed by atoms with E-state index in [0.29, 0.717) is 22.9 Å². The highest BCUT2D eigenvalue weighted by atomic mass is 79.9. The Hall–Kier alpha value is -2.01. The van der Waals surface area contributed by atoms with Gasteiger partial charge in [0.1, 0.15) is 11.5 Å². The Labute approximate surface area is 132 Å². The summed E-state index contributed by atoms with van der Waals surface area (Å²) in [5.41, 5.74) is 13.0. The number of carbonyl (C=O) groups excluding carboxylic acids is 1. The molecule has 0 aliphatic carbocycles. The Morgan fingerprint density at radius 1 is 1.14 bits per heavy atom. The summed E-state index contributed by atoms with van der Waals surface area (Å²) in [4.78, 5) is 11.1. The van der Waals surface area contributed by atoms with Crippen molar-refractivity contribution in [1.82, 2.24) is 0 Å². The molecule has 0 saturated carbocycles. The van der Waals surface area contributed by atoms with E-state index in [0.717, 1.165) is 15.8 Å². The van der Waals surface area contributed by atoms with Crippen LogP contribution in [0.5, 0.6) is 11.5 Å². The van der Waals surface area contributed by atoms with Gasteiger partial charge in [-0.2, -0.15) is 0 Å². The molecule has 1 amide bonds. The van der Waals surface area contributed by atoms with Gasteiger partial charge in [0.15, 0.2) is 0 Å². The van der Waals surface area contributed by atoms with Crippen LogP contribution in [0.15, 0.2) is 40.9 Å². The lowest BCUT2D eigenvalue weighted by Gasteiger charge is -2.15. The SMILES string of the molecule is CC(C)c1cc(Br)ccc1Oc1ccc(C(N)=O)cc1N. The zero-order valence-corrected chi connectivity index (χ0v) is 13.5. The van der Waals surface area contributed by atoms with Crippen LogP contribution in [-0.4, -0.2) is 5.91 Å². The molecule has 2 aromatic rings. The predicted octanol–water partition coefficient (Wildman–Crippen LogP) is 4.05. The number of benzene rings is 2. The van der Waals surface area contributed by atoms with Gasteiger partial charge in [0.25, 0.3) is 0 Å². The first-order valence-electron chi connectivity index (χ1n) is 6.55. The Bertz CT molecular complexity index is 684. The van der Waals surface area contributed by atoms with Gasteiger partial charge >= 0.3 is 0 Å². The summed E-state index contributed by atoms with van der Waals surface area (Å²) in [7, 11) is 0. The first-order valence-corrected chi connectivity index (χ1v) is 7.34. The first-order chi connectivity index (χ1) is 9.88. The number of primary amides is 1. The van der Waals surface area contributed by atoms with E-state index in [-0.39, 0.29) is 0 Å². The number of halogens is 1. The molecule has 0 aliphatic rings. The molecule has 21 heavy (non-hydrogen) atoms. The number of carbonyl (C=O) groups is 1. The number of hydrogen-bond acceptors (Lipinski definition) is 3. The quantitative estimate of drug-likeness (QED) is 0.818. The minimum atomic E-state index is -0.514. The van der Waals surface area contributed by atoms with Gasteiger partial charge in [-0.1, -0.05) is 29.8 Å². The Kier molecular flexibility index (Phi) is 4.53. The lowest BCUT2D eigenvalue weighted by molar-refractivity contribution is 0.100. The number of amides is 1. The van der Waals surface area contributed by atoms with Crippen LogP contribution in [0, 0.1) is 0 Å². The standard InChI is InChI=1S/C16H17BrN2O2/c1-9(2)12-8-11(17)4-6-14(12)21-15-5-3-10(16(19)20)7-13(15)18/h3-9H,18H2,1-2H3,(H2,19,20). The van der Waals surface area contributed by atoms with E-state index in [2.05, 4.69) is 29.8 Å². The van der Waals surface area contributed by atoms with E-state index in [9.17, 15) is 4.79 Å². The monoisotopic (exact) mass is 348 g/mol. The minimum Gasteiger partial charge on any atom is -0.455 e. The Morgan fingerprint density at radius 2 is 1.81 bits per heavy atom. The number of anilines is 1. The topological polar surface area (TPSA) is 78.3 Å². The van der Waals surface area contributed by atoms with Gasteiger partial charge in [-0.3, -0.25) is 4.79 Å². The summed E-state index contributed by atoms with van der Waals surface area (Å²) < 4.78 is 6.89. The fraction of sp³-hybridized carbons (Fsp3) is 0.188. The smallest absolute Gasteiger partial charge is 0.248 e. The van der Waals surface area contributed by atoms with Crippen molar-refractivity contribution < 1.29 is 9.53 Å². The Morgan fingerprint density at radius 3 is 2.38 bits per heavy atom. The van der Waals surface area contributed by atoms with E-state index in [4.69, 9.17) is 16.2 Å². The molecule has 5 heteroatoms. The highest BCUT2D eigenvalue weighted by molar-refractivity contribution is 9.10. The van der Waals surface area contributed by atoms with Crippen molar-refractivity contribution in [2.75, 3.05) is 5.73 Å². The van der Waals surface area contributed by atoms with Gasteiger partial charge in [-0.05, 0) is 47.9 Å². The highest BCUT2D eigenvalue weighted by Gasteiger charge is 2.12. The molecule has 0 bridgehead atoms. The average molecular weight is 349 g/mol. The van der Waals surface area contributed by atoms with E-state index >= 15 is 0 Å². The molecule has 0 saturated heterocycles. The zero-order chi connectivity index (χ0) is 15.6. The van der Waals surface area contributed by atoms with Gasteiger partial charge in [0.05, 0.1) is 5.69 Å². The van der Waals surface area contributed by atoms with Gasteiger partial charge < -0.3 is 16.2 Å². The van der Waals surface area contributed by atoms with E-state index < -0.39 is 5.91 Å². The van der Waals surface area contributed by atoms with E-state index in [1.165, 1.54) is 6.07 Å². The summed E-state index contributed by atoms with van der Waals surface area (Å²) in [6.45, 7) is 4.18. The average Bonchev–Trinajstić information content (AvgIpc) is 2.42. The Balaban J connectivity index is 2.36. The van der Waals surface area contributed by atoms with Crippen molar-refractivity contribution in [3.05, 3.63) is 52.0 Å². The molecule has 0 fully saturated rings. The first kappa shape index (κ1) is 15.4. The molecule has 0 unspecified atom stereocenters. The largest absolute Gasteiger partial charge is 0.455 e. The lowest BCUT2D eigenvalue weighted by atomic mass is 10.0. The molecule has 0 aliphatic heterocycles. The molecular formula is C16H17BrN2O2. The van der Waals surface area contributed by atoms with Gasteiger partial charge in [0.2, 0.25) is 5.91 Å². The van der Waals surface area contributed by atoms with Crippen LogP contribution in [-0.2, 0) is 0 Å². The summed E-state index contributed by atoms with van der Waals surface area (Å²) >= 11 is 3.46. The van der Waals surface area contributed by atoms with Crippen LogP contribution in [0.1, 0.15) is 35.7 Å². The summed E-state index contributed by atoms with van der Waals surface area (Å²) in [5.74, 6) is 1.04. The fourth-order valence-electron chi connectivity index (χ4n) is 1.98. The molecule has 0 aromatic heterocycles. The third kappa shape index (κ3) is 3.55. The number of rotatable bonds is 4. The van der Waals surface area contributed by atoms with Crippen LogP contribution in [0.4, 0.5) is 5.69 Å². The van der Waals surface area contributed by atoms with E-state index in [1.54, 1.807) is 12.1 Å². The highest BCUT2D eigenvalue weighted by Crippen LogP contribution is 2.35. The van der Waals surface area contributed by atoms with Crippen molar-refractivity contribution in [3.63, 3.8) is 0 Å². The molecule has 0 atom stereocenters. The van der Waals surface area contributed by atoms with Crippen molar-refractivity contribution in [1.29, 1.82) is 0 Å². The van der Waals surface area contributed by atoms with Crippen molar-refractivity contribution >= 4 is 27.5 Å². The molecule has 2 aromatic carbocycles. The van der Waals surface area contributed by atoms with Crippen molar-refractivity contribution in [3.8, 4) is 11.5 Å². The molecule has 0 radical (unpaired) electrons. The van der Waals surface area contributed by atoms with Crippen molar-refractivity contribution in [2.24, 2.45) is 5.73 Å². The molecule has 4 N–H and O–H groups in total. The number of nitrogens with two attached hydrogens (primary N) is 2. The maximum absolute atomic E-state index is 11.1. The molecule has 110 valence electrons. The molecular weight excluding hydrogens is 332 g/mol. The van der Waals surface area contributed by atoms with Gasteiger partial charge in [0, 0.05) is 10.0 Å². The zero-order valence-electron chi connectivity index (χ0n) is 11.9. The second-order valence-corrected chi connectivity index (χ2v) is 5.97. The molecule has 0 spiro atoms. The second-order valence-electron chi connectivity index (χ2n) is 5.06. The maximum Gasteiger partial charge on any atom is 0.248 e. The van der Waals surface area contributed by atoms with Crippen molar-refractivity contribution in [2.45, 2.75) is 19.8 Å². The van der Waals surface area contributed by atoms with Crippen LogP contribution >= 0.6 is 15.9 Å². The third-order valence-corrected chi connectivity index (χ3v) is 3.60. The number of hydrogen-bond donors (Lipinski definition) is 2. The second kappa shape index (κ2) is 6.18. The van der Waals surface area contributed by atoms with E-state index in [1.807, 2.05) is 18.2 Å². The minimum absolute atomic E-state index is 0.309. The summed E-state index contributed by atoms with van der Waals surface area (Å²) in [6.07, 6.45) is 0. The summed E-state index contributed by atoms with van der Waals surface area (Å²) in [5, 5.41) is 0. The predicted molar refractivity (Wildman–Crippen MR) is 87.7 cm³/mol. The van der Waals surface area contributed by atoms with Gasteiger partial charge in [-0.15, -0.1) is 0 Å².